The van der Waals surface area contributed by atoms with Gasteiger partial charge in [-0.05, 0) is 20.8 Å². The Morgan fingerprint density at radius 1 is 1.39 bits per heavy atom. The van der Waals surface area contributed by atoms with E-state index in [4.69, 9.17) is 14.6 Å². The van der Waals surface area contributed by atoms with Crippen LogP contribution in [-0.4, -0.2) is 39.9 Å². The fourth-order valence-corrected chi connectivity index (χ4v) is 1.22. The maximum Gasteiger partial charge on any atom is 0.339 e. The van der Waals surface area contributed by atoms with Crippen LogP contribution in [0.4, 0.5) is 0 Å². The van der Waals surface area contributed by atoms with Gasteiger partial charge in [-0.3, -0.25) is 0 Å². The molecule has 0 saturated carbocycles. The van der Waals surface area contributed by atoms with Crippen LogP contribution in [-0.2, 0) is 16.1 Å². The Balaban J connectivity index is 2.38. The van der Waals surface area contributed by atoms with Crippen LogP contribution in [0.1, 0.15) is 36.8 Å². The fraction of sp³-hybridized carbons (Fsp3) is 0.583. The monoisotopic (exact) mass is 254 g/mol. The zero-order chi connectivity index (χ0) is 13.6. The van der Waals surface area contributed by atoms with Crippen molar-refractivity contribution in [3.05, 3.63) is 23.8 Å². The third-order valence-electron chi connectivity index (χ3n) is 2.03. The molecule has 1 heterocycles. The third kappa shape index (κ3) is 5.20. The Bertz CT molecular complexity index is 401. The van der Waals surface area contributed by atoms with Gasteiger partial charge in [-0.1, -0.05) is 0 Å². The second-order valence-electron chi connectivity index (χ2n) is 4.70. The van der Waals surface area contributed by atoms with E-state index >= 15 is 0 Å². The molecule has 0 saturated heterocycles. The van der Waals surface area contributed by atoms with Crippen molar-refractivity contribution in [2.24, 2.45) is 0 Å². The van der Waals surface area contributed by atoms with E-state index in [2.05, 4.69) is 9.97 Å². The molecular weight excluding hydrogens is 236 g/mol. The van der Waals surface area contributed by atoms with E-state index in [1.54, 1.807) is 0 Å². The Morgan fingerprint density at radius 2 is 2.11 bits per heavy atom. The molecule has 0 aromatic carbocycles. The molecule has 0 aliphatic carbocycles. The highest BCUT2D eigenvalue weighted by Gasteiger charge is 2.12. The number of hydrogen-bond acceptors (Lipinski definition) is 5. The van der Waals surface area contributed by atoms with Crippen molar-refractivity contribution >= 4 is 5.97 Å². The lowest BCUT2D eigenvalue weighted by molar-refractivity contribution is -0.0381. The van der Waals surface area contributed by atoms with Gasteiger partial charge in [0.05, 0.1) is 31.1 Å². The van der Waals surface area contributed by atoms with Crippen molar-refractivity contribution in [3.63, 3.8) is 0 Å². The first-order valence-corrected chi connectivity index (χ1v) is 5.64. The van der Waals surface area contributed by atoms with Gasteiger partial charge in [0.2, 0.25) is 0 Å². The van der Waals surface area contributed by atoms with Crippen molar-refractivity contribution in [3.8, 4) is 0 Å². The molecule has 1 N–H and O–H groups in total. The van der Waals surface area contributed by atoms with E-state index in [0.717, 1.165) is 0 Å². The highest BCUT2D eigenvalue weighted by atomic mass is 16.5. The number of carboxylic acids is 1. The van der Waals surface area contributed by atoms with Crippen LogP contribution in [0, 0.1) is 0 Å². The molecule has 0 radical (unpaired) electrons. The SMILES string of the molecule is CC(C)(C)OCCOCc1ncncc1C(=O)O. The molecule has 0 fully saturated rings. The van der Waals surface area contributed by atoms with Gasteiger partial charge in [-0.25, -0.2) is 14.8 Å². The third-order valence-corrected chi connectivity index (χ3v) is 2.03. The molecule has 0 aliphatic heterocycles. The number of aromatic carboxylic acids is 1. The maximum absolute atomic E-state index is 10.9. The first-order valence-electron chi connectivity index (χ1n) is 5.64. The minimum absolute atomic E-state index is 0.0641. The van der Waals surface area contributed by atoms with Gasteiger partial charge in [-0.2, -0.15) is 0 Å². The lowest BCUT2D eigenvalue weighted by Crippen LogP contribution is -2.22. The average molecular weight is 254 g/mol. The number of rotatable bonds is 6. The lowest BCUT2D eigenvalue weighted by Gasteiger charge is -2.19. The Kier molecular flexibility index (Phi) is 5.18. The molecule has 0 atom stereocenters. The molecule has 0 aliphatic rings. The molecule has 0 unspecified atom stereocenters. The molecule has 1 aromatic heterocycles. The number of carboxylic acid groups (broad SMARTS) is 1. The number of carbonyl (C=O) groups is 1. The Morgan fingerprint density at radius 3 is 2.72 bits per heavy atom. The van der Waals surface area contributed by atoms with E-state index in [1.165, 1.54) is 12.5 Å². The summed E-state index contributed by atoms with van der Waals surface area (Å²) in [7, 11) is 0. The molecule has 100 valence electrons. The normalized spacial score (nSPS) is 11.5. The van der Waals surface area contributed by atoms with Crippen LogP contribution >= 0.6 is 0 Å². The molecular formula is C12H18N2O4. The molecule has 6 heteroatoms. The van der Waals surface area contributed by atoms with Crippen LogP contribution in [0.3, 0.4) is 0 Å². The van der Waals surface area contributed by atoms with E-state index < -0.39 is 5.97 Å². The van der Waals surface area contributed by atoms with Crippen molar-refractivity contribution < 1.29 is 19.4 Å². The summed E-state index contributed by atoms with van der Waals surface area (Å²) in [6, 6.07) is 0. The molecule has 1 aromatic rings. The van der Waals surface area contributed by atoms with E-state index in [0.29, 0.717) is 18.9 Å². The quantitative estimate of drug-likeness (QED) is 0.775. The van der Waals surface area contributed by atoms with Crippen LogP contribution in [0.2, 0.25) is 0 Å². The second-order valence-corrected chi connectivity index (χ2v) is 4.70. The van der Waals surface area contributed by atoms with E-state index in [1.807, 2.05) is 20.8 Å². The summed E-state index contributed by atoms with van der Waals surface area (Å²) in [6.07, 6.45) is 2.57. The predicted octanol–water partition coefficient (Wildman–Crippen LogP) is 1.51. The summed E-state index contributed by atoms with van der Waals surface area (Å²) < 4.78 is 10.8. The van der Waals surface area contributed by atoms with E-state index in [9.17, 15) is 4.79 Å². The number of aromatic nitrogens is 2. The van der Waals surface area contributed by atoms with Crippen molar-refractivity contribution in [2.45, 2.75) is 33.0 Å². The highest BCUT2D eigenvalue weighted by Crippen LogP contribution is 2.07. The van der Waals surface area contributed by atoms with Gasteiger partial charge in [-0.15, -0.1) is 0 Å². The smallest absolute Gasteiger partial charge is 0.339 e. The lowest BCUT2D eigenvalue weighted by atomic mass is 10.2. The van der Waals surface area contributed by atoms with Crippen LogP contribution in [0.15, 0.2) is 12.5 Å². The first kappa shape index (κ1) is 14.5. The molecule has 0 spiro atoms. The molecule has 1 rings (SSSR count). The average Bonchev–Trinajstić information content (AvgIpc) is 2.27. The van der Waals surface area contributed by atoms with Crippen molar-refractivity contribution in [1.29, 1.82) is 0 Å². The molecule has 18 heavy (non-hydrogen) atoms. The van der Waals surface area contributed by atoms with Gasteiger partial charge in [0.25, 0.3) is 0 Å². The van der Waals surface area contributed by atoms with Gasteiger partial charge in [0.15, 0.2) is 0 Å². The van der Waals surface area contributed by atoms with Gasteiger partial charge in [0.1, 0.15) is 11.9 Å². The van der Waals surface area contributed by atoms with Crippen molar-refractivity contribution in [1.82, 2.24) is 9.97 Å². The number of hydrogen-bond donors (Lipinski definition) is 1. The maximum atomic E-state index is 10.9. The van der Waals surface area contributed by atoms with Crippen molar-refractivity contribution in [2.75, 3.05) is 13.2 Å². The molecule has 0 bridgehead atoms. The largest absolute Gasteiger partial charge is 0.478 e. The zero-order valence-corrected chi connectivity index (χ0v) is 10.8. The minimum Gasteiger partial charge on any atom is -0.478 e. The summed E-state index contributed by atoms with van der Waals surface area (Å²) >= 11 is 0. The number of ether oxygens (including phenoxy) is 2. The summed E-state index contributed by atoms with van der Waals surface area (Å²) in [5.41, 5.74) is 0.229. The highest BCUT2D eigenvalue weighted by molar-refractivity contribution is 5.88. The minimum atomic E-state index is -1.06. The number of nitrogens with zero attached hydrogens (tertiary/aromatic N) is 2. The Hall–Kier alpha value is -1.53. The molecule has 0 amide bonds. The second kappa shape index (κ2) is 6.42. The van der Waals surface area contributed by atoms with Gasteiger partial charge in [0, 0.05) is 6.20 Å². The van der Waals surface area contributed by atoms with Crippen LogP contribution < -0.4 is 0 Å². The fourth-order valence-electron chi connectivity index (χ4n) is 1.22. The summed E-state index contributed by atoms with van der Waals surface area (Å²) in [6.45, 7) is 6.86. The zero-order valence-electron chi connectivity index (χ0n) is 10.8. The molecule has 6 nitrogen and oxygen atoms in total. The van der Waals surface area contributed by atoms with E-state index in [-0.39, 0.29) is 17.8 Å². The first-order chi connectivity index (χ1) is 8.40. The summed E-state index contributed by atoms with van der Waals surface area (Å²) in [5, 5.41) is 8.91. The summed E-state index contributed by atoms with van der Waals surface area (Å²) in [4.78, 5) is 18.4. The topological polar surface area (TPSA) is 81.5 Å². The van der Waals surface area contributed by atoms with Crippen LogP contribution in [0.25, 0.3) is 0 Å². The van der Waals surface area contributed by atoms with Crippen LogP contribution in [0.5, 0.6) is 0 Å². The van der Waals surface area contributed by atoms with Gasteiger partial charge >= 0.3 is 5.97 Å². The Labute approximate surface area is 106 Å². The standard InChI is InChI=1S/C12H18N2O4/c1-12(2,3)18-5-4-17-7-10-9(11(15)16)6-13-8-14-10/h6,8H,4-5,7H2,1-3H3,(H,15,16). The summed E-state index contributed by atoms with van der Waals surface area (Å²) in [5.74, 6) is -1.06. The predicted molar refractivity (Wildman–Crippen MR) is 64.4 cm³/mol. The van der Waals surface area contributed by atoms with Gasteiger partial charge < -0.3 is 14.6 Å².